The Labute approximate surface area is 71.1 Å². The van der Waals surface area contributed by atoms with Crippen molar-refractivity contribution in [2.24, 2.45) is 0 Å². The van der Waals surface area contributed by atoms with Gasteiger partial charge in [-0.05, 0) is 12.0 Å². The fraction of sp³-hybridized carbons (Fsp3) is 0.333. The largest absolute Gasteiger partial charge is 0.290 e. The van der Waals surface area contributed by atoms with Gasteiger partial charge in [-0.15, -0.1) is 0 Å². The van der Waals surface area contributed by atoms with E-state index in [1.165, 1.54) is 0 Å². The van der Waals surface area contributed by atoms with Crippen molar-refractivity contribution in [2.45, 2.75) is 19.8 Å². The van der Waals surface area contributed by atoms with Crippen LogP contribution in [0.25, 0.3) is 5.65 Å². The molecule has 0 aliphatic heterocycles. The van der Waals surface area contributed by atoms with Gasteiger partial charge >= 0.3 is 0 Å². The topological polar surface area (TPSA) is 30.2 Å². The van der Waals surface area contributed by atoms with E-state index in [0.29, 0.717) is 5.92 Å². The first-order valence-corrected chi connectivity index (χ1v) is 4.06. The van der Waals surface area contributed by atoms with E-state index in [1.54, 1.807) is 12.5 Å². The van der Waals surface area contributed by atoms with Gasteiger partial charge in [0.05, 0.1) is 5.69 Å². The van der Waals surface area contributed by atoms with Gasteiger partial charge in [0.1, 0.15) is 12.0 Å². The highest BCUT2D eigenvalue weighted by Gasteiger charge is 2.03. The summed E-state index contributed by atoms with van der Waals surface area (Å²) in [5.41, 5.74) is 2.08. The van der Waals surface area contributed by atoms with Gasteiger partial charge in [-0.1, -0.05) is 13.8 Å². The summed E-state index contributed by atoms with van der Waals surface area (Å²) >= 11 is 0. The minimum Gasteiger partial charge on any atom is -0.290 e. The number of aromatic nitrogens is 3. The van der Waals surface area contributed by atoms with Crippen LogP contribution in [-0.4, -0.2) is 14.4 Å². The van der Waals surface area contributed by atoms with Gasteiger partial charge in [0.2, 0.25) is 0 Å². The normalized spacial score (nSPS) is 11.2. The second-order valence-electron chi connectivity index (χ2n) is 3.17. The number of nitrogens with zero attached hydrogens (tertiary/aromatic N) is 3. The second kappa shape index (κ2) is 2.59. The van der Waals surface area contributed by atoms with Crippen LogP contribution in [0.4, 0.5) is 0 Å². The summed E-state index contributed by atoms with van der Waals surface area (Å²) in [4.78, 5) is 8.44. The number of hydrogen-bond donors (Lipinski definition) is 0. The van der Waals surface area contributed by atoms with Crippen molar-refractivity contribution in [1.82, 2.24) is 14.4 Å². The molecule has 62 valence electrons. The van der Waals surface area contributed by atoms with E-state index in [4.69, 9.17) is 0 Å². The molecule has 0 saturated heterocycles. The molecule has 2 heterocycles. The first-order valence-electron chi connectivity index (χ1n) is 4.06. The van der Waals surface area contributed by atoms with Crippen LogP contribution in [0.2, 0.25) is 0 Å². The van der Waals surface area contributed by atoms with E-state index < -0.39 is 0 Å². The number of fused-ring (bicyclic) bond motifs is 1. The third kappa shape index (κ3) is 1.07. The molecule has 0 radical (unpaired) electrons. The predicted octanol–water partition coefficient (Wildman–Crippen LogP) is 1.85. The van der Waals surface area contributed by atoms with Crippen LogP contribution in [-0.2, 0) is 0 Å². The molecule has 3 heteroatoms. The van der Waals surface area contributed by atoms with E-state index in [1.807, 2.05) is 16.7 Å². The maximum atomic E-state index is 4.44. The van der Waals surface area contributed by atoms with Crippen LogP contribution in [0, 0.1) is 0 Å². The Morgan fingerprint density at radius 1 is 1.42 bits per heavy atom. The van der Waals surface area contributed by atoms with E-state index in [9.17, 15) is 0 Å². The Kier molecular flexibility index (Phi) is 1.57. The van der Waals surface area contributed by atoms with Crippen molar-refractivity contribution < 1.29 is 0 Å². The van der Waals surface area contributed by atoms with Crippen LogP contribution in [0.15, 0.2) is 24.8 Å². The highest BCUT2D eigenvalue weighted by Crippen LogP contribution is 2.12. The van der Waals surface area contributed by atoms with E-state index >= 15 is 0 Å². The minimum atomic E-state index is 0.477. The van der Waals surface area contributed by atoms with Gasteiger partial charge in [0, 0.05) is 12.4 Å². The maximum absolute atomic E-state index is 4.44. The zero-order valence-corrected chi connectivity index (χ0v) is 7.23. The van der Waals surface area contributed by atoms with E-state index in [0.717, 1.165) is 11.3 Å². The summed E-state index contributed by atoms with van der Waals surface area (Å²) in [6.07, 6.45) is 5.55. The van der Waals surface area contributed by atoms with Crippen molar-refractivity contribution in [1.29, 1.82) is 0 Å². The molecule has 0 N–H and O–H groups in total. The van der Waals surface area contributed by atoms with Crippen LogP contribution >= 0.6 is 0 Å². The van der Waals surface area contributed by atoms with E-state index in [-0.39, 0.29) is 0 Å². The van der Waals surface area contributed by atoms with Gasteiger partial charge in [-0.25, -0.2) is 9.97 Å². The second-order valence-corrected chi connectivity index (χ2v) is 3.17. The lowest BCUT2D eigenvalue weighted by Gasteiger charge is -1.94. The molecular formula is C9H11N3. The molecule has 0 unspecified atom stereocenters. The van der Waals surface area contributed by atoms with Crippen LogP contribution < -0.4 is 0 Å². The fourth-order valence-corrected chi connectivity index (χ4v) is 1.14. The molecule has 0 spiro atoms. The molecule has 2 rings (SSSR count). The van der Waals surface area contributed by atoms with Crippen LogP contribution in [0.5, 0.6) is 0 Å². The van der Waals surface area contributed by atoms with Crippen molar-refractivity contribution in [3.63, 3.8) is 0 Å². The fourth-order valence-electron chi connectivity index (χ4n) is 1.14. The molecule has 0 fully saturated rings. The molecule has 0 atom stereocenters. The summed E-state index contributed by atoms with van der Waals surface area (Å²) < 4.78 is 1.94. The Bertz CT molecular complexity index is 356. The van der Waals surface area contributed by atoms with Gasteiger partial charge < -0.3 is 0 Å². The number of hydrogen-bond acceptors (Lipinski definition) is 2. The Hall–Kier alpha value is -1.38. The molecular weight excluding hydrogens is 150 g/mol. The van der Waals surface area contributed by atoms with Gasteiger partial charge in [-0.2, -0.15) is 0 Å². The highest BCUT2D eigenvalue weighted by atomic mass is 15.0. The summed E-state index contributed by atoms with van der Waals surface area (Å²) in [6, 6.07) is 1.91. The SMILES string of the molecule is CC(C)c1cn2cnccc2n1. The van der Waals surface area contributed by atoms with Crippen molar-refractivity contribution in [3.8, 4) is 0 Å². The monoisotopic (exact) mass is 161 g/mol. The molecule has 12 heavy (non-hydrogen) atoms. The molecule has 0 aliphatic carbocycles. The van der Waals surface area contributed by atoms with Crippen molar-refractivity contribution in [3.05, 3.63) is 30.5 Å². The average Bonchev–Trinajstić information content (AvgIpc) is 2.46. The molecule has 0 aliphatic rings. The quantitative estimate of drug-likeness (QED) is 0.639. The Morgan fingerprint density at radius 2 is 2.25 bits per heavy atom. The summed E-state index contributed by atoms with van der Waals surface area (Å²) in [5.74, 6) is 0.477. The highest BCUT2D eigenvalue weighted by molar-refractivity contribution is 5.38. The van der Waals surface area contributed by atoms with E-state index in [2.05, 4.69) is 23.8 Å². The summed E-state index contributed by atoms with van der Waals surface area (Å²) in [5, 5.41) is 0. The predicted molar refractivity (Wildman–Crippen MR) is 47.1 cm³/mol. The lowest BCUT2D eigenvalue weighted by Crippen LogP contribution is -1.84. The van der Waals surface area contributed by atoms with Crippen LogP contribution in [0.1, 0.15) is 25.5 Å². The lowest BCUT2D eigenvalue weighted by molar-refractivity contribution is 0.834. The third-order valence-corrected chi connectivity index (χ3v) is 1.87. The third-order valence-electron chi connectivity index (χ3n) is 1.87. The van der Waals surface area contributed by atoms with Gasteiger partial charge in [0.15, 0.2) is 0 Å². The zero-order chi connectivity index (χ0) is 8.55. The molecule has 0 bridgehead atoms. The molecule has 2 aromatic heterocycles. The standard InChI is InChI=1S/C9H11N3/c1-7(2)8-5-12-6-10-4-3-9(12)11-8/h3-7H,1-2H3. The van der Waals surface area contributed by atoms with Crippen LogP contribution in [0.3, 0.4) is 0 Å². The first kappa shape index (κ1) is 7.28. The summed E-state index contributed by atoms with van der Waals surface area (Å²) in [7, 11) is 0. The number of imidazole rings is 1. The smallest absolute Gasteiger partial charge is 0.139 e. The van der Waals surface area contributed by atoms with Gasteiger partial charge in [-0.3, -0.25) is 4.40 Å². The van der Waals surface area contributed by atoms with Crippen molar-refractivity contribution >= 4 is 5.65 Å². The Morgan fingerprint density at radius 3 is 2.92 bits per heavy atom. The number of rotatable bonds is 1. The minimum absolute atomic E-state index is 0.477. The molecule has 0 amide bonds. The Balaban J connectivity index is 2.62. The zero-order valence-electron chi connectivity index (χ0n) is 7.23. The molecule has 0 aromatic carbocycles. The first-order chi connectivity index (χ1) is 5.77. The molecule has 0 saturated carbocycles. The lowest BCUT2D eigenvalue weighted by atomic mass is 10.2. The molecule has 2 aromatic rings. The molecule has 3 nitrogen and oxygen atoms in total. The van der Waals surface area contributed by atoms with Gasteiger partial charge in [0.25, 0.3) is 0 Å². The summed E-state index contributed by atoms with van der Waals surface area (Å²) in [6.45, 7) is 4.27. The van der Waals surface area contributed by atoms with Crippen molar-refractivity contribution in [2.75, 3.05) is 0 Å². The average molecular weight is 161 g/mol. The maximum Gasteiger partial charge on any atom is 0.139 e.